The van der Waals surface area contributed by atoms with Crippen molar-refractivity contribution in [1.82, 2.24) is 4.90 Å². The van der Waals surface area contributed by atoms with Crippen LogP contribution in [0.3, 0.4) is 0 Å². The zero-order valence-electron chi connectivity index (χ0n) is 14.0. The molecule has 0 aromatic carbocycles. The number of esters is 2. The van der Waals surface area contributed by atoms with Crippen LogP contribution >= 0.6 is 0 Å². The summed E-state index contributed by atoms with van der Waals surface area (Å²) >= 11 is 0. The minimum Gasteiger partial charge on any atom is -0.467 e. The fraction of sp³-hybridized carbons (Fsp3) is 0.800. The molecule has 0 aromatic rings. The Morgan fingerprint density at radius 1 is 1.23 bits per heavy atom. The second-order valence-electron chi connectivity index (χ2n) is 6.31. The summed E-state index contributed by atoms with van der Waals surface area (Å²) in [6.07, 6.45) is -1.55. The average molecular weight is 315 g/mol. The third-order valence-corrected chi connectivity index (χ3v) is 3.41. The van der Waals surface area contributed by atoms with E-state index in [1.54, 1.807) is 13.8 Å². The summed E-state index contributed by atoms with van der Waals surface area (Å²) in [5.41, 5.74) is -0.415. The zero-order valence-corrected chi connectivity index (χ0v) is 14.0. The van der Waals surface area contributed by atoms with Gasteiger partial charge in [0, 0.05) is 5.41 Å². The summed E-state index contributed by atoms with van der Waals surface area (Å²) in [6, 6.07) is -0.865. The molecule has 3 atom stereocenters. The Morgan fingerprint density at radius 2 is 1.82 bits per heavy atom. The highest BCUT2D eigenvalue weighted by molar-refractivity contribution is 5.96. The van der Waals surface area contributed by atoms with Crippen LogP contribution in [0.15, 0.2) is 0 Å². The molecule has 7 nitrogen and oxygen atoms in total. The van der Waals surface area contributed by atoms with E-state index in [-0.39, 0.29) is 6.61 Å². The zero-order chi connectivity index (χ0) is 17.1. The van der Waals surface area contributed by atoms with E-state index in [9.17, 15) is 14.4 Å². The van der Waals surface area contributed by atoms with Gasteiger partial charge in [-0.3, -0.25) is 14.5 Å². The van der Waals surface area contributed by atoms with Gasteiger partial charge in [0.25, 0.3) is 0 Å². The van der Waals surface area contributed by atoms with Crippen molar-refractivity contribution in [2.45, 2.75) is 59.4 Å². The average Bonchev–Trinajstić information content (AvgIpc) is 2.75. The Morgan fingerprint density at radius 3 is 2.27 bits per heavy atom. The van der Waals surface area contributed by atoms with Crippen molar-refractivity contribution in [2.75, 3.05) is 13.7 Å². The number of carbonyl (C=O) groups excluding carboxylic acids is 3. The molecule has 7 heteroatoms. The predicted molar refractivity (Wildman–Crippen MR) is 77.7 cm³/mol. The van der Waals surface area contributed by atoms with Crippen molar-refractivity contribution >= 4 is 17.8 Å². The Labute approximate surface area is 130 Å². The first-order valence-electron chi connectivity index (χ1n) is 7.33. The lowest BCUT2D eigenvalue weighted by molar-refractivity contribution is -0.159. The Bertz CT molecular complexity index is 442. The molecular formula is C15H25NO6. The molecule has 0 aromatic heterocycles. The first kappa shape index (κ1) is 18.4. The maximum absolute atomic E-state index is 12.5. The van der Waals surface area contributed by atoms with Crippen molar-refractivity contribution in [3.63, 3.8) is 0 Å². The van der Waals surface area contributed by atoms with E-state index >= 15 is 0 Å². The summed E-state index contributed by atoms with van der Waals surface area (Å²) in [5.74, 6) is -1.68. The molecule has 1 aliphatic rings. The van der Waals surface area contributed by atoms with E-state index in [1.165, 1.54) is 12.0 Å². The molecule has 0 unspecified atom stereocenters. The molecule has 1 aliphatic heterocycles. The van der Waals surface area contributed by atoms with Gasteiger partial charge in [-0.2, -0.15) is 0 Å². The molecule has 1 amide bonds. The summed E-state index contributed by atoms with van der Waals surface area (Å²) in [4.78, 5) is 37.4. The normalized spacial score (nSPS) is 25.0. The summed E-state index contributed by atoms with van der Waals surface area (Å²) in [7, 11) is 1.26. The molecule has 0 bridgehead atoms. The third kappa shape index (κ3) is 3.97. The van der Waals surface area contributed by atoms with Gasteiger partial charge in [0.15, 0.2) is 6.04 Å². The quantitative estimate of drug-likeness (QED) is 0.571. The van der Waals surface area contributed by atoms with Gasteiger partial charge in [0.1, 0.15) is 12.6 Å². The summed E-state index contributed by atoms with van der Waals surface area (Å²) < 4.78 is 15.4. The number of amides is 1. The molecule has 0 radical (unpaired) electrons. The standard InChI is InChI=1S/C15H25NO6/c1-7-21-11(18)8-10(17)16-12(13(19)20-6)9(2)22-14(16)15(3,4)5/h9,12,14H,7-8H2,1-6H3/t9-,12+,14-/m1/s1. The van der Waals surface area contributed by atoms with E-state index in [1.807, 2.05) is 20.8 Å². The Balaban J connectivity index is 3.06. The van der Waals surface area contributed by atoms with Crippen molar-refractivity contribution in [1.29, 1.82) is 0 Å². The monoisotopic (exact) mass is 315 g/mol. The number of hydrogen-bond acceptors (Lipinski definition) is 6. The van der Waals surface area contributed by atoms with E-state index in [2.05, 4.69) is 0 Å². The SMILES string of the molecule is CCOC(=O)CC(=O)N1[C@H](C(=O)OC)[C@@H](C)O[C@@H]1C(C)(C)C. The van der Waals surface area contributed by atoms with Gasteiger partial charge in [-0.05, 0) is 13.8 Å². The highest BCUT2D eigenvalue weighted by Gasteiger charge is 2.51. The Hall–Kier alpha value is -1.63. The van der Waals surface area contributed by atoms with Gasteiger partial charge in [0.2, 0.25) is 5.91 Å². The minimum absolute atomic E-state index is 0.197. The van der Waals surface area contributed by atoms with Gasteiger partial charge in [-0.15, -0.1) is 0 Å². The largest absolute Gasteiger partial charge is 0.467 e. The molecule has 0 aliphatic carbocycles. The van der Waals surface area contributed by atoms with Gasteiger partial charge >= 0.3 is 11.9 Å². The van der Waals surface area contributed by atoms with Crippen LogP contribution in [0.5, 0.6) is 0 Å². The fourth-order valence-corrected chi connectivity index (χ4v) is 2.48. The van der Waals surface area contributed by atoms with Gasteiger partial charge in [-0.25, -0.2) is 4.79 Å². The number of rotatable bonds is 4. The van der Waals surface area contributed by atoms with Crippen LogP contribution in [0.25, 0.3) is 0 Å². The highest BCUT2D eigenvalue weighted by atomic mass is 16.6. The van der Waals surface area contributed by atoms with Crippen LogP contribution in [0.4, 0.5) is 0 Å². The number of nitrogens with zero attached hydrogens (tertiary/aromatic N) is 1. The summed E-state index contributed by atoms with van der Waals surface area (Å²) in [5, 5.41) is 0. The highest BCUT2D eigenvalue weighted by Crippen LogP contribution is 2.35. The van der Waals surface area contributed by atoms with Crippen molar-refractivity contribution < 1.29 is 28.6 Å². The van der Waals surface area contributed by atoms with Gasteiger partial charge in [-0.1, -0.05) is 20.8 Å². The van der Waals surface area contributed by atoms with E-state index < -0.39 is 48.1 Å². The molecule has 126 valence electrons. The molecule has 1 fully saturated rings. The second kappa shape index (κ2) is 7.09. The first-order valence-corrected chi connectivity index (χ1v) is 7.33. The minimum atomic E-state index is -0.865. The number of carbonyl (C=O) groups is 3. The van der Waals surface area contributed by atoms with Crippen LogP contribution in [-0.2, 0) is 28.6 Å². The van der Waals surface area contributed by atoms with E-state index in [0.717, 1.165) is 0 Å². The smallest absolute Gasteiger partial charge is 0.331 e. The first-order chi connectivity index (χ1) is 10.1. The van der Waals surface area contributed by atoms with Crippen LogP contribution in [0, 0.1) is 5.41 Å². The number of methoxy groups -OCH3 is 1. The molecule has 0 spiro atoms. The molecule has 22 heavy (non-hydrogen) atoms. The molecular weight excluding hydrogens is 290 g/mol. The molecule has 1 heterocycles. The lowest BCUT2D eigenvalue weighted by atomic mass is 9.93. The topological polar surface area (TPSA) is 82.1 Å². The molecule has 0 N–H and O–H groups in total. The Kier molecular flexibility index (Phi) is 5.93. The van der Waals surface area contributed by atoms with Crippen LogP contribution in [0.1, 0.15) is 41.0 Å². The predicted octanol–water partition coefficient (Wildman–Crippen LogP) is 1.10. The van der Waals surface area contributed by atoms with E-state index in [4.69, 9.17) is 14.2 Å². The lowest BCUT2D eigenvalue weighted by Gasteiger charge is -2.34. The van der Waals surface area contributed by atoms with E-state index in [0.29, 0.717) is 0 Å². The molecule has 1 saturated heterocycles. The fourth-order valence-electron chi connectivity index (χ4n) is 2.48. The number of hydrogen-bond donors (Lipinski definition) is 0. The maximum Gasteiger partial charge on any atom is 0.331 e. The maximum atomic E-state index is 12.5. The molecule has 1 rings (SSSR count). The van der Waals surface area contributed by atoms with Crippen LogP contribution in [-0.4, -0.2) is 54.8 Å². The van der Waals surface area contributed by atoms with Gasteiger partial charge in [0.05, 0.1) is 19.8 Å². The molecule has 0 saturated carbocycles. The van der Waals surface area contributed by atoms with Crippen molar-refractivity contribution in [2.24, 2.45) is 5.41 Å². The van der Waals surface area contributed by atoms with Crippen LogP contribution < -0.4 is 0 Å². The van der Waals surface area contributed by atoms with Crippen LogP contribution in [0.2, 0.25) is 0 Å². The third-order valence-electron chi connectivity index (χ3n) is 3.41. The van der Waals surface area contributed by atoms with Gasteiger partial charge < -0.3 is 14.2 Å². The van der Waals surface area contributed by atoms with Crippen molar-refractivity contribution in [3.8, 4) is 0 Å². The summed E-state index contributed by atoms with van der Waals surface area (Å²) in [6.45, 7) is 9.26. The lowest BCUT2D eigenvalue weighted by Crippen LogP contribution is -2.51. The second-order valence-corrected chi connectivity index (χ2v) is 6.31. The number of ether oxygens (including phenoxy) is 3. The van der Waals surface area contributed by atoms with Crippen molar-refractivity contribution in [3.05, 3.63) is 0 Å².